The van der Waals surface area contributed by atoms with E-state index < -0.39 is 13.2 Å². The normalized spacial score (nSPS) is 13.4. The highest BCUT2D eigenvalue weighted by atomic mass is 31.2. The van der Waals surface area contributed by atoms with Crippen LogP contribution in [0.4, 0.5) is 27.8 Å². The van der Waals surface area contributed by atoms with Gasteiger partial charge in [-0.25, -0.2) is 9.78 Å². The molecule has 4 aromatic carbocycles. The molecule has 60 heavy (non-hydrogen) atoms. The van der Waals surface area contributed by atoms with Gasteiger partial charge in [0.05, 0.1) is 33.2 Å². The molecule has 0 atom stereocenters. The third kappa shape index (κ3) is 12.6. The SMILES string of the molecule is COc1cc(Nc2nccc(Oc3ccc(NC(=O)N/C(=C/C(=N)C(C)C)Nc4cccc(CP(C)(C)=O)c4)c4ccccc34)n2)cc(C(=O)NCCN2CCOCC2)c1. The van der Waals surface area contributed by atoms with Gasteiger partial charge in [0, 0.05) is 84.1 Å². The Morgan fingerprint density at radius 1 is 0.950 bits per heavy atom. The molecule has 0 unspecified atom stereocenters. The van der Waals surface area contributed by atoms with Crippen molar-refractivity contribution in [2.45, 2.75) is 20.0 Å². The third-order valence-electron chi connectivity index (χ3n) is 9.39. The molecule has 1 aliphatic rings. The molecule has 3 amide bonds. The summed E-state index contributed by atoms with van der Waals surface area (Å²) in [5, 5.41) is 25.1. The predicted molar refractivity (Wildman–Crippen MR) is 238 cm³/mol. The number of amides is 3. The van der Waals surface area contributed by atoms with Gasteiger partial charge in [0.25, 0.3) is 5.91 Å². The second-order valence-electron chi connectivity index (χ2n) is 15.1. The molecule has 15 nitrogen and oxygen atoms in total. The molecule has 1 aromatic heterocycles. The van der Waals surface area contributed by atoms with E-state index in [-0.39, 0.29) is 23.7 Å². The molecular weight excluding hydrogens is 782 g/mol. The van der Waals surface area contributed by atoms with Gasteiger partial charge in [-0.1, -0.05) is 50.2 Å². The number of nitrogens with zero attached hydrogens (tertiary/aromatic N) is 3. The van der Waals surface area contributed by atoms with Crippen LogP contribution >= 0.6 is 7.14 Å². The summed E-state index contributed by atoms with van der Waals surface area (Å²) in [6.07, 6.45) is 3.59. The van der Waals surface area contributed by atoms with Crippen molar-refractivity contribution in [2.75, 3.05) is 75.8 Å². The van der Waals surface area contributed by atoms with Crippen molar-refractivity contribution in [3.63, 3.8) is 0 Å². The molecule has 0 saturated carbocycles. The van der Waals surface area contributed by atoms with Crippen molar-refractivity contribution in [1.82, 2.24) is 25.5 Å². The van der Waals surface area contributed by atoms with Crippen molar-refractivity contribution in [2.24, 2.45) is 5.92 Å². The van der Waals surface area contributed by atoms with Crippen molar-refractivity contribution in [1.29, 1.82) is 5.41 Å². The number of ether oxygens (including phenoxy) is 3. The van der Waals surface area contributed by atoms with Crippen LogP contribution in [0.3, 0.4) is 0 Å². The van der Waals surface area contributed by atoms with E-state index in [1.807, 2.05) is 62.4 Å². The number of carbonyl (C=O) groups is 2. The maximum atomic E-state index is 13.5. The lowest BCUT2D eigenvalue weighted by molar-refractivity contribution is 0.0383. The smallest absolute Gasteiger partial charge is 0.324 e. The van der Waals surface area contributed by atoms with E-state index in [4.69, 9.17) is 19.6 Å². The highest BCUT2D eigenvalue weighted by Crippen LogP contribution is 2.40. The number of urea groups is 1. The minimum atomic E-state index is -2.30. The fourth-order valence-electron chi connectivity index (χ4n) is 6.39. The fourth-order valence-corrected chi connectivity index (χ4v) is 7.47. The molecule has 6 N–H and O–H groups in total. The molecular formula is C44H52N9O6P. The van der Waals surface area contributed by atoms with E-state index in [0.29, 0.717) is 71.6 Å². The Bertz CT molecular complexity index is 2410. The van der Waals surface area contributed by atoms with Gasteiger partial charge in [-0.15, -0.1) is 0 Å². The lowest BCUT2D eigenvalue weighted by atomic mass is 10.1. The van der Waals surface area contributed by atoms with E-state index in [2.05, 4.69) is 41.5 Å². The summed E-state index contributed by atoms with van der Waals surface area (Å²) in [5.74, 6) is 1.49. The molecule has 5 aromatic rings. The average Bonchev–Trinajstić information content (AvgIpc) is 3.21. The zero-order valence-electron chi connectivity index (χ0n) is 34.5. The summed E-state index contributed by atoms with van der Waals surface area (Å²) in [7, 11) is -0.767. The Balaban J connectivity index is 1.14. The number of hydrogen-bond acceptors (Lipinski definition) is 12. The highest BCUT2D eigenvalue weighted by molar-refractivity contribution is 7.61. The summed E-state index contributed by atoms with van der Waals surface area (Å²) in [6, 6.07) is 24.7. The molecule has 6 rings (SSSR count). The quantitative estimate of drug-likeness (QED) is 0.0392. The van der Waals surface area contributed by atoms with Gasteiger partial charge in [0.1, 0.15) is 17.3 Å². The number of benzene rings is 4. The first kappa shape index (κ1) is 43.3. The Labute approximate surface area is 350 Å². The number of carbonyl (C=O) groups excluding carboxylic acids is 2. The van der Waals surface area contributed by atoms with Crippen molar-refractivity contribution >= 4 is 58.6 Å². The van der Waals surface area contributed by atoms with E-state index in [9.17, 15) is 14.2 Å². The van der Waals surface area contributed by atoms with E-state index in [0.717, 1.165) is 36.0 Å². The zero-order chi connectivity index (χ0) is 42.6. The van der Waals surface area contributed by atoms with Gasteiger partial charge < -0.3 is 45.5 Å². The summed E-state index contributed by atoms with van der Waals surface area (Å²) in [5.41, 5.74) is 3.41. The van der Waals surface area contributed by atoms with Gasteiger partial charge in [-0.2, -0.15) is 4.98 Å². The lowest BCUT2D eigenvalue weighted by Gasteiger charge is -2.26. The van der Waals surface area contributed by atoms with Crippen LogP contribution in [0.1, 0.15) is 29.8 Å². The standard InChI is InChI=1S/C44H52N9O6P/c1-29(2)37(45)27-40(48-32-10-8-9-30(23-32)28-60(4,5)56)51-44(55)50-38-13-14-39(36-12-7-6-11-35(36)38)59-41-15-16-47-43(52-41)49-33-24-31(25-34(26-33)57-3)42(54)46-17-18-53-19-21-58-22-20-53/h6-16,23-27,29,45,48H,17-22,28H2,1-5H3,(H,46,54)(H,47,49,52)(H2,50,51,55)/b40-27+,45-37?. The molecule has 1 fully saturated rings. The van der Waals surface area contributed by atoms with Crippen LogP contribution in [0.25, 0.3) is 10.8 Å². The second-order valence-corrected chi connectivity index (χ2v) is 18.5. The van der Waals surface area contributed by atoms with Crippen LogP contribution in [0.15, 0.2) is 103 Å². The number of anilines is 4. The molecule has 0 bridgehead atoms. The molecule has 314 valence electrons. The molecule has 16 heteroatoms. The molecule has 0 radical (unpaired) electrons. The van der Waals surface area contributed by atoms with Crippen LogP contribution in [-0.2, 0) is 15.5 Å². The Hall–Kier alpha value is -6.28. The Morgan fingerprint density at radius 2 is 1.73 bits per heavy atom. The lowest BCUT2D eigenvalue weighted by Crippen LogP contribution is -2.41. The van der Waals surface area contributed by atoms with Crippen LogP contribution in [0, 0.1) is 11.3 Å². The Morgan fingerprint density at radius 3 is 2.48 bits per heavy atom. The largest absolute Gasteiger partial charge is 0.497 e. The molecule has 0 aliphatic carbocycles. The summed E-state index contributed by atoms with van der Waals surface area (Å²) in [6.45, 7) is 11.6. The minimum Gasteiger partial charge on any atom is -0.497 e. The summed E-state index contributed by atoms with van der Waals surface area (Å²) in [4.78, 5) is 37.8. The van der Waals surface area contributed by atoms with Crippen LogP contribution in [0.5, 0.6) is 17.4 Å². The van der Waals surface area contributed by atoms with Crippen molar-refractivity contribution in [3.05, 3.63) is 114 Å². The molecule has 0 spiro atoms. The van der Waals surface area contributed by atoms with Gasteiger partial charge >= 0.3 is 6.03 Å². The Kier molecular flexibility index (Phi) is 14.5. The molecule has 1 aliphatic heterocycles. The maximum absolute atomic E-state index is 13.5. The summed E-state index contributed by atoms with van der Waals surface area (Å²) < 4.78 is 29.7. The van der Waals surface area contributed by atoms with Gasteiger partial charge in [0.2, 0.25) is 11.8 Å². The van der Waals surface area contributed by atoms with E-state index >= 15 is 0 Å². The van der Waals surface area contributed by atoms with E-state index in [1.54, 1.807) is 62.0 Å². The molecule has 1 saturated heterocycles. The number of allylic oxidation sites excluding steroid dienone is 1. The zero-order valence-corrected chi connectivity index (χ0v) is 35.4. The first-order valence-electron chi connectivity index (χ1n) is 19.7. The van der Waals surface area contributed by atoms with Crippen molar-refractivity contribution < 1.29 is 28.4 Å². The monoisotopic (exact) mass is 833 g/mol. The average molecular weight is 834 g/mol. The first-order chi connectivity index (χ1) is 28.8. The number of nitrogens with one attached hydrogen (secondary N) is 6. The van der Waals surface area contributed by atoms with Crippen LogP contribution in [-0.4, -0.2) is 92.4 Å². The minimum absolute atomic E-state index is 0.0776. The predicted octanol–water partition coefficient (Wildman–Crippen LogP) is 8.11. The topological polar surface area (TPSA) is 192 Å². The highest BCUT2D eigenvalue weighted by Gasteiger charge is 2.16. The second kappa shape index (κ2) is 20.1. The van der Waals surface area contributed by atoms with Crippen molar-refractivity contribution in [3.8, 4) is 17.4 Å². The molecule has 2 heterocycles. The number of methoxy groups -OCH3 is 1. The number of hydrogen-bond donors (Lipinski definition) is 6. The van der Waals surface area contributed by atoms with Gasteiger partial charge in [0.15, 0.2) is 0 Å². The number of aromatic nitrogens is 2. The fraction of sp³-hybridized carbons (Fsp3) is 0.295. The maximum Gasteiger partial charge on any atom is 0.324 e. The summed E-state index contributed by atoms with van der Waals surface area (Å²) >= 11 is 0. The number of fused-ring (bicyclic) bond motifs is 1. The number of rotatable bonds is 17. The number of morpholine rings is 1. The van der Waals surface area contributed by atoms with Crippen LogP contribution in [0.2, 0.25) is 0 Å². The van der Waals surface area contributed by atoms with Gasteiger partial charge in [-0.05, 0) is 67.3 Å². The van der Waals surface area contributed by atoms with E-state index in [1.165, 1.54) is 7.11 Å². The van der Waals surface area contributed by atoms with Crippen LogP contribution < -0.4 is 36.1 Å². The van der Waals surface area contributed by atoms with Gasteiger partial charge in [-0.3, -0.25) is 15.0 Å². The third-order valence-corrected chi connectivity index (χ3v) is 10.5. The first-order valence-corrected chi connectivity index (χ1v) is 22.5.